The van der Waals surface area contributed by atoms with Crippen LogP contribution < -0.4 is 21.1 Å². The number of piperidine rings is 1. The summed E-state index contributed by atoms with van der Waals surface area (Å²) in [7, 11) is 0. The highest BCUT2D eigenvalue weighted by Gasteiger charge is 2.51. The smallest absolute Gasteiger partial charge is 0.292 e. The predicted octanol–water partition coefficient (Wildman–Crippen LogP) is 1.66. The van der Waals surface area contributed by atoms with Crippen molar-refractivity contribution in [3.63, 3.8) is 0 Å². The molecule has 1 unspecified atom stereocenters. The predicted molar refractivity (Wildman–Crippen MR) is 171 cm³/mol. The summed E-state index contributed by atoms with van der Waals surface area (Å²) in [4.78, 5) is 47.1. The fraction of sp³-hybridized carbons (Fsp3) is 0.379. The minimum atomic E-state index is -0.487. The molecule has 2 amide bonds. The van der Waals surface area contributed by atoms with E-state index < -0.39 is 5.91 Å². The Morgan fingerprint density at radius 2 is 1.73 bits per heavy atom. The summed E-state index contributed by atoms with van der Waals surface area (Å²) in [6.45, 7) is 5.61. The Bertz CT molecular complexity index is 2040. The highest BCUT2D eigenvalue weighted by molar-refractivity contribution is 6.17. The molecule has 1 atom stereocenters. The standard InChI is InChI=1S/C29H32N14O5/c1-3-42-22-16(29(46)41-9-6-5-7-10-41)12-31-14-18(22)34-26(42)21-25(40-48-38-21)36-43(4-2)23-17(28(45)33-8-11-44)13-32-15-19(23)35-27(43)20-24(30)39-47-37-20/h12-15,44H,3-11H2,1-2H3,(H3-,30,33,36,39,40,45)/p+1. The molecule has 2 aliphatic rings. The molecule has 0 spiro atoms. The summed E-state index contributed by atoms with van der Waals surface area (Å²) >= 11 is 0. The molecule has 248 valence electrons. The van der Waals surface area contributed by atoms with Crippen LogP contribution >= 0.6 is 0 Å². The summed E-state index contributed by atoms with van der Waals surface area (Å²) in [5.74, 6) is 0.152. The van der Waals surface area contributed by atoms with Gasteiger partial charge >= 0.3 is 0 Å². The molecule has 2 aliphatic heterocycles. The fourth-order valence-electron chi connectivity index (χ4n) is 6.33. The number of amides is 2. The molecule has 0 aliphatic carbocycles. The van der Waals surface area contributed by atoms with Crippen LogP contribution in [0.1, 0.15) is 59.5 Å². The van der Waals surface area contributed by atoms with Crippen LogP contribution in [0.3, 0.4) is 0 Å². The minimum absolute atomic E-state index is 0.0248. The number of aliphatic imine (C=N–C) groups is 1. The Hall–Kier alpha value is -5.82. The minimum Gasteiger partial charge on any atom is -0.395 e. The normalized spacial score (nSPS) is 17.4. The first kappa shape index (κ1) is 30.8. The van der Waals surface area contributed by atoms with E-state index in [0.717, 1.165) is 19.3 Å². The monoisotopic (exact) mass is 657 g/mol. The first-order chi connectivity index (χ1) is 23.4. The SMILES string of the molecule is CCn1c(-c2nonc2N[N+]2(CC)C(c3nonc3N)=Nc3cncc(C(=O)NCCO)c32)nc2cncc(C(=O)N3CCCCC3)c21. The molecule has 5 N–H and O–H groups in total. The number of hydrogen-bond donors (Lipinski definition) is 4. The van der Waals surface area contributed by atoms with Crippen molar-refractivity contribution in [2.24, 2.45) is 4.99 Å². The van der Waals surface area contributed by atoms with Crippen LogP contribution in [-0.2, 0) is 6.54 Å². The van der Waals surface area contributed by atoms with Crippen LogP contribution in [0.2, 0.25) is 0 Å². The van der Waals surface area contributed by atoms with E-state index >= 15 is 0 Å². The third-order valence-corrected chi connectivity index (χ3v) is 8.55. The molecule has 0 aromatic carbocycles. The number of likely N-dealkylation sites (tertiary alicyclic amines) is 1. The van der Waals surface area contributed by atoms with E-state index in [1.165, 1.54) is 12.4 Å². The largest absolute Gasteiger partial charge is 0.395 e. The average Bonchev–Trinajstić information content (AvgIpc) is 3.91. The van der Waals surface area contributed by atoms with Crippen LogP contribution in [0.4, 0.5) is 23.0 Å². The first-order valence-electron chi connectivity index (χ1n) is 15.6. The molecule has 1 fully saturated rings. The number of nitrogen functional groups attached to an aromatic ring is 1. The second-order valence-corrected chi connectivity index (χ2v) is 11.3. The molecule has 0 saturated carbocycles. The zero-order valence-corrected chi connectivity index (χ0v) is 26.3. The van der Waals surface area contributed by atoms with Gasteiger partial charge in [0.25, 0.3) is 17.6 Å². The van der Waals surface area contributed by atoms with Gasteiger partial charge in [-0.25, -0.2) is 19.7 Å². The number of carbonyl (C=O) groups is 2. The van der Waals surface area contributed by atoms with Crippen molar-refractivity contribution >= 4 is 51.7 Å². The second kappa shape index (κ2) is 12.4. The van der Waals surface area contributed by atoms with Crippen molar-refractivity contribution in [2.45, 2.75) is 39.7 Å². The van der Waals surface area contributed by atoms with Crippen LogP contribution in [0.5, 0.6) is 0 Å². The van der Waals surface area contributed by atoms with Gasteiger partial charge in [-0.3, -0.25) is 19.6 Å². The number of aryl methyl sites for hydroxylation is 1. The quantitative estimate of drug-likeness (QED) is 0.156. The topological polar surface area (TPSA) is 241 Å². The number of anilines is 2. The van der Waals surface area contributed by atoms with E-state index in [0.29, 0.717) is 53.4 Å². The second-order valence-electron chi connectivity index (χ2n) is 11.3. The van der Waals surface area contributed by atoms with E-state index in [-0.39, 0.29) is 64.6 Å². The van der Waals surface area contributed by atoms with Crippen LogP contribution in [0, 0.1) is 0 Å². The number of nitrogens with two attached hydrogens (primary N) is 1. The average molecular weight is 658 g/mol. The number of aliphatic hydroxyl groups is 1. The Kier molecular flexibility index (Phi) is 7.97. The lowest BCUT2D eigenvalue weighted by atomic mass is 10.1. The molecular formula is C29H33N14O5+. The summed E-state index contributed by atoms with van der Waals surface area (Å²) in [5.41, 5.74) is 12.4. The number of fused-ring (bicyclic) bond motifs is 2. The zero-order chi connectivity index (χ0) is 33.4. The molecule has 5 aromatic rings. The van der Waals surface area contributed by atoms with Gasteiger partial charge in [-0.2, -0.15) is 4.99 Å². The maximum Gasteiger partial charge on any atom is 0.292 e. The molecular weight excluding hydrogens is 624 g/mol. The number of aromatic nitrogens is 8. The Morgan fingerprint density at radius 1 is 0.979 bits per heavy atom. The zero-order valence-electron chi connectivity index (χ0n) is 26.3. The molecule has 7 rings (SSSR count). The number of imidazole rings is 1. The number of nitrogens with zero attached hydrogens (tertiary/aromatic N) is 11. The Labute approximate surface area is 272 Å². The van der Waals surface area contributed by atoms with Crippen molar-refractivity contribution in [2.75, 3.05) is 43.9 Å². The van der Waals surface area contributed by atoms with Gasteiger partial charge < -0.3 is 25.6 Å². The summed E-state index contributed by atoms with van der Waals surface area (Å²) in [5, 5.41) is 28.2. The third kappa shape index (κ3) is 4.90. The lowest BCUT2D eigenvalue weighted by molar-refractivity contribution is 0.0725. The summed E-state index contributed by atoms with van der Waals surface area (Å²) in [6, 6.07) is 0. The van der Waals surface area contributed by atoms with E-state index in [2.05, 4.69) is 41.3 Å². The summed E-state index contributed by atoms with van der Waals surface area (Å²) < 4.78 is 11.7. The number of aliphatic hydroxyl groups excluding tert-OH is 1. The van der Waals surface area contributed by atoms with Crippen molar-refractivity contribution in [3.8, 4) is 11.5 Å². The number of rotatable bonds is 10. The van der Waals surface area contributed by atoms with E-state index in [1.54, 1.807) is 12.4 Å². The van der Waals surface area contributed by atoms with Gasteiger partial charge in [0.2, 0.25) is 23.0 Å². The lowest BCUT2D eigenvalue weighted by Gasteiger charge is -2.32. The van der Waals surface area contributed by atoms with Crippen molar-refractivity contribution in [1.82, 2.24) is 55.0 Å². The lowest BCUT2D eigenvalue weighted by Crippen LogP contribution is -2.58. The highest BCUT2D eigenvalue weighted by atomic mass is 16.6. The van der Waals surface area contributed by atoms with Crippen molar-refractivity contribution in [3.05, 3.63) is 41.6 Å². The third-order valence-electron chi connectivity index (χ3n) is 8.55. The Morgan fingerprint density at radius 3 is 2.46 bits per heavy atom. The van der Waals surface area contributed by atoms with Crippen molar-refractivity contribution in [1.29, 1.82) is 0 Å². The number of nitrogens with one attached hydrogen (secondary N) is 2. The van der Waals surface area contributed by atoms with E-state index in [9.17, 15) is 14.7 Å². The molecule has 19 heteroatoms. The molecule has 7 heterocycles. The molecule has 1 saturated heterocycles. The van der Waals surface area contributed by atoms with Crippen molar-refractivity contribution < 1.29 is 24.0 Å². The first-order valence-corrected chi connectivity index (χ1v) is 15.6. The number of quaternary nitrogens is 1. The maximum absolute atomic E-state index is 13.7. The van der Waals surface area contributed by atoms with E-state index in [1.807, 2.05) is 23.3 Å². The van der Waals surface area contributed by atoms with Gasteiger partial charge in [-0.15, -0.1) is 4.59 Å². The molecule has 0 radical (unpaired) electrons. The van der Waals surface area contributed by atoms with Gasteiger partial charge in [0, 0.05) is 38.6 Å². The molecule has 48 heavy (non-hydrogen) atoms. The van der Waals surface area contributed by atoms with Crippen LogP contribution in [-0.4, -0.2) is 101 Å². The summed E-state index contributed by atoms with van der Waals surface area (Å²) in [6.07, 6.45) is 9.09. The number of amidine groups is 1. The van der Waals surface area contributed by atoms with Gasteiger partial charge in [0.1, 0.15) is 17.6 Å². The van der Waals surface area contributed by atoms with Gasteiger partial charge in [0.15, 0.2) is 17.2 Å². The maximum atomic E-state index is 13.7. The van der Waals surface area contributed by atoms with Crippen LogP contribution in [0.15, 0.2) is 39.0 Å². The Balaban J connectivity index is 1.36. The number of hydrogen-bond acceptors (Lipinski definition) is 15. The van der Waals surface area contributed by atoms with Gasteiger partial charge in [-0.1, -0.05) is 0 Å². The fourth-order valence-corrected chi connectivity index (χ4v) is 6.33. The highest BCUT2D eigenvalue weighted by Crippen LogP contribution is 2.45. The number of carbonyl (C=O) groups excluding carboxylic acids is 2. The van der Waals surface area contributed by atoms with E-state index in [4.69, 9.17) is 25.0 Å². The van der Waals surface area contributed by atoms with Crippen LogP contribution in [0.25, 0.3) is 22.6 Å². The van der Waals surface area contributed by atoms with Gasteiger partial charge in [0.05, 0.1) is 30.1 Å². The van der Waals surface area contributed by atoms with Gasteiger partial charge in [-0.05, 0) is 53.7 Å². The molecule has 5 aromatic heterocycles. The number of pyridine rings is 2. The molecule has 0 bridgehead atoms. The molecule has 19 nitrogen and oxygen atoms in total.